The van der Waals surface area contributed by atoms with Crippen LogP contribution in [0.1, 0.15) is 19.9 Å². The van der Waals surface area contributed by atoms with Gasteiger partial charge in [0.1, 0.15) is 0 Å². The number of nitrogens with two attached hydrogens (primary N) is 1. The van der Waals surface area contributed by atoms with Gasteiger partial charge in [-0.15, -0.1) is 0 Å². The molecule has 1 aromatic carbocycles. The van der Waals surface area contributed by atoms with Crippen LogP contribution in [0, 0.1) is 0 Å². The molecule has 0 radical (unpaired) electrons. The molecule has 0 bridgehead atoms. The number of hydrogen-bond acceptors (Lipinski definition) is 4. The summed E-state index contributed by atoms with van der Waals surface area (Å²) in [6, 6.07) is 5.53. The Bertz CT molecular complexity index is 831. The maximum Gasteiger partial charge on any atom is 0.295 e. The molecule has 102 valence electrons. The van der Waals surface area contributed by atoms with Crippen molar-refractivity contribution in [3.05, 3.63) is 47.1 Å². The lowest BCUT2D eigenvalue weighted by atomic mass is 10.2. The second kappa shape index (κ2) is 4.48. The lowest BCUT2D eigenvalue weighted by molar-refractivity contribution is 0.568. The summed E-state index contributed by atoms with van der Waals surface area (Å²) in [5, 5.41) is 5.17. The molecule has 2 heterocycles. The van der Waals surface area contributed by atoms with Crippen LogP contribution in [0.2, 0.25) is 0 Å². The molecule has 2 N–H and O–H groups in total. The second-order valence-electron chi connectivity index (χ2n) is 4.93. The van der Waals surface area contributed by atoms with Gasteiger partial charge in [0, 0.05) is 29.5 Å². The summed E-state index contributed by atoms with van der Waals surface area (Å²) in [4.78, 5) is 16.6. The standard InChI is InChI=1S/C14H15N5O/c1-9(2)18-6-5-16-13(14(18)20)19-12-7-11(15)4-3-10(12)8-17-19/h3-9H,15H2,1-2H3. The Morgan fingerprint density at radius 3 is 2.85 bits per heavy atom. The van der Waals surface area contributed by atoms with Crippen molar-refractivity contribution in [2.75, 3.05) is 5.73 Å². The molecular weight excluding hydrogens is 254 g/mol. The average molecular weight is 269 g/mol. The van der Waals surface area contributed by atoms with E-state index < -0.39 is 0 Å². The SMILES string of the molecule is CC(C)n1ccnc(-n2ncc3ccc(N)cc32)c1=O. The highest BCUT2D eigenvalue weighted by atomic mass is 16.1. The van der Waals surface area contributed by atoms with Crippen LogP contribution >= 0.6 is 0 Å². The van der Waals surface area contributed by atoms with Gasteiger partial charge in [0.05, 0.1) is 11.7 Å². The van der Waals surface area contributed by atoms with Gasteiger partial charge in [0.2, 0.25) is 5.82 Å². The van der Waals surface area contributed by atoms with Crippen LogP contribution in [-0.4, -0.2) is 19.3 Å². The molecule has 0 unspecified atom stereocenters. The highest BCUT2D eigenvalue weighted by Crippen LogP contribution is 2.18. The fourth-order valence-corrected chi connectivity index (χ4v) is 2.17. The molecule has 0 saturated heterocycles. The van der Waals surface area contributed by atoms with E-state index in [0.717, 1.165) is 10.9 Å². The number of fused-ring (bicyclic) bond motifs is 1. The maximum atomic E-state index is 12.4. The van der Waals surface area contributed by atoms with E-state index in [4.69, 9.17) is 5.73 Å². The largest absolute Gasteiger partial charge is 0.399 e. The van der Waals surface area contributed by atoms with Crippen molar-refractivity contribution in [2.45, 2.75) is 19.9 Å². The van der Waals surface area contributed by atoms with Gasteiger partial charge in [0.15, 0.2) is 0 Å². The smallest absolute Gasteiger partial charge is 0.295 e. The van der Waals surface area contributed by atoms with Crippen molar-refractivity contribution in [1.29, 1.82) is 0 Å². The Hall–Kier alpha value is -2.63. The van der Waals surface area contributed by atoms with Crippen LogP contribution < -0.4 is 11.3 Å². The minimum Gasteiger partial charge on any atom is -0.399 e. The third-order valence-electron chi connectivity index (χ3n) is 3.20. The Morgan fingerprint density at radius 2 is 2.10 bits per heavy atom. The first-order valence-corrected chi connectivity index (χ1v) is 6.38. The molecule has 0 aliphatic rings. The van der Waals surface area contributed by atoms with Crippen LogP contribution in [0.15, 0.2) is 41.6 Å². The summed E-state index contributed by atoms with van der Waals surface area (Å²) in [5.41, 5.74) is 7.03. The highest BCUT2D eigenvalue weighted by Gasteiger charge is 2.12. The molecule has 0 aliphatic heterocycles. The molecule has 3 rings (SSSR count). The summed E-state index contributed by atoms with van der Waals surface area (Å²) >= 11 is 0. The number of nitrogens with zero attached hydrogens (tertiary/aromatic N) is 4. The molecule has 0 amide bonds. The van der Waals surface area contributed by atoms with E-state index in [1.165, 1.54) is 4.68 Å². The molecule has 3 aromatic rings. The maximum absolute atomic E-state index is 12.4. The van der Waals surface area contributed by atoms with Crippen molar-refractivity contribution >= 4 is 16.6 Å². The highest BCUT2D eigenvalue weighted by molar-refractivity contribution is 5.82. The predicted molar refractivity (Wildman–Crippen MR) is 77.9 cm³/mol. The molecule has 0 saturated carbocycles. The topological polar surface area (TPSA) is 78.7 Å². The molecular formula is C14H15N5O. The number of anilines is 1. The van der Waals surface area contributed by atoms with Gasteiger partial charge in [-0.2, -0.15) is 5.10 Å². The second-order valence-corrected chi connectivity index (χ2v) is 4.93. The first-order chi connectivity index (χ1) is 9.58. The summed E-state index contributed by atoms with van der Waals surface area (Å²) in [7, 11) is 0. The molecule has 0 spiro atoms. The minimum absolute atomic E-state index is 0.0659. The number of rotatable bonds is 2. The molecule has 0 fully saturated rings. The van der Waals surface area contributed by atoms with Crippen molar-refractivity contribution in [3.8, 4) is 5.82 Å². The van der Waals surface area contributed by atoms with E-state index in [2.05, 4.69) is 10.1 Å². The molecule has 6 nitrogen and oxygen atoms in total. The van der Waals surface area contributed by atoms with Gasteiger partial charge in [-0.1, -0.05) is 0 Å². The third-order valence-corrected chi connectivity index (χ3v) is 3.20. The van der Waals surface area contributed by atoms with Gasteiger partial charge in [-0.25, -0.2) is 9.67 Å². The molecule has 0 aliphatic carbocycles. The average Bonchev–Trinajstić information content (AvgIpc) is 2.81. The van der Waals surface area contributed by atoms with Crippen LogP contribution in [0.25, 0.3) is 16.7 Å². The fourth-order valence-electron chi connectivity index (χ4n) is 2.17. The van der Waals surface area contributed by atoms with Gasteiger partial charge < -0.3 is 10.3 Å². The summed E-state index contributed by atoms with van der Waals surface area (Å²) in [6.45, 7) is 3.90. The lowest BCUT2D eigenvalue weighted by Gasteiger charge is -2.10. The first-order valence-electron chi connectivity index (χ1n) is 6.38. The summed E-state index contributed by atoms with van der Waals surface area (Å²) in [5.74, 6) is 0.279. The van der Waals surface area contributed by atoms with Gasteiger partial charge in [-0.05, 0) is 32.0 Å². The van der Waals surface area contributed by atoms with Gasteiger partial charge in [-0.3, -0.25) is 4.79 Å². The van der Waals surface area contributed by atoms with E-state index >= 15 is 0 Å². The summed E-state index contributed by atoms with van der Waals surface area (Å²) < 4.78 is 3.16. The zero-order valence-electron chi connectivity index (χ0n) is 11.3. The van der Waals surface area contributed by atoms with Crippen molar-refractivity contribution < 1.29 is 0 Å². The van der Waals surface area contributed by atoms with E-state index in [9.17, 15) is 4.79 Å². The molecule has 2 aromatic heterocycles. The Morgan fingerprint density at radius 1 is 1.30 bits per heavy atom. The summed E-state index contributed by atoms with van der Waals surface area (Å²) in [6.07, 6.45) is 4.98. The van der Waals surface area contributed by atoms with Gasteiger partial charge >= 0.3 is 0 Å². The Balaban J connectivity index is 2.29. The van der Waals surface area contributed by atoms with Crippen LogP contribution in [0.5, 0.6) is 0 Å². The minimum atomic E-state index is -0.171. The fraction of sp³-hybridized carbons (Fsp3) is 0.214. The van der Waals surface area contributed by atoms with Crippen LogP contribution in [-0.2, 0) is 0 Å². The van der Waals surface area contributed by atoms with E-state index in [0.29, 0.717) is 5.69 Å². The quantitative estimate of drug-likeness (QED) is 0.719. The zero-order valence-corrected chi connectivity index (χ0v) is 11.3. The van der Waals surface area contributed by atoms with Crippen LogP contribution in [0.3, 0.4) is 0 Å². The van der Waals surface area contributed by atoms with Crippen molar-refractivity contribution in [2.24, 2.45) is 0 Å². The van der Waals surface area contributed by atoms with Gasteiger partial charge in [0.25, 0.3) is 5.56 Å². The number of nitrogen functional groups attached to an aromatic ring is 1. The molecule has 0 atom stereocenters. The molecule has 20 heavy (non-hydrogen) atoms. The Kier molecular flexibility index (Phi) is 2.78. The first kappa shape index (κ1) is 12.4. The predicted octanol–water partition coefficient (Wildman–Crippen LogP) is 1.75. The van der Waals surface area contributed by atoms with Crippen molar-refractivity contribution in [1.82, 2.24) is 19.3 Å². The molecule has 6 heteroatoms. The number of hydrogen-bond donors (Lipinski definition) is 1. The van der Waals surface area contributed by atoms with E-state index in [1.54, 1.807) is 35.3 Å². The lowest BCUT2D eigenvalue weighted by Crippen LogP contribution is -2.26. The van der Waals surface area contributed by atoms with E-state index in [-0.39, 0.29) is 17.4 Å². The normalized spacial score (nSPS) is 11.3. The monoisotopic (exact) mass is 269 g/mol. The van der Waals surface area contributed by atoms with Crippen molar-refractivity contribution in [3.63, 3.8) is 0 Å². The Labute approximate surface area is 115 Å². The third kappa shape index (κ3) is 1.85. The van der Waals surface area contributed by atoms with E-state index in [1.807, 2.05) is 19.9 Å². The number of benzene rings is 1. The number of aromatic nitrogens is 4. The zero-order chi connectivity index (χ0) is 14.3. The van der Waals surface area contributed by atoms with Crippen LogP contribution in [0.4, 0.5) is 5.69 Å².